The number of carbonyl (C=O) groups is 1. The maximum Gasteiger partial charge on any atom is 0.253 e. The van der Waals surface area contributed by atoms with Gasteiger partial charge in [0.25, 0.3) is 5.91 Å². The molecule has 1 amide bonds. The summed E-state index contributed by atoms with van der Waals surface area (Å²) in [6.45, 7) is 4.39. The molecule has 0 aliphatic rings. The monoisotopic (exact) mass is 295 g/mol. The summed E-state index contributed by atoms with van der Waals surface area (Å²) in [6, 6.07) is 1.19. The van der Waals surface area contributed by atoms with E-state index in [1.807, 2.05) is 6.92 Å². The van der Waals surface area contributed by atoms with Crippen molar-refractivity contribution in [2.45, 2.75) is 19.9 Å². The number of nitrogens with one attached hydrogen (secondary N) is 3. The number of pyridine rings is 1. The van der Waals surface area contributed by atoms with Gasteiger partial charge in [0.2, 0.25) is 0 Å². The van der Waals surface area contributed by atoms with Gasteiger partial charge in [-0.15, -0.1) is 10.2 Å². The average molecular weight is 296 g/mol. The van der Waals surface area contributed by atoms with Crippen LogP contribution in [0.4, 0.5) is 5.82 Å². The van der Waals surface area contributed by atoms with Crippen LogP contribution in [0.3, 0.4) is 0 Å². The molecule has 0 aliphatic carbocycles. The molecule has 0 saturated heterocycles. The molecule has 2 rings (SSSR count). The number of H-pyrrole nitrogens is 1. The summed E-state index contributed by atoms with van der Waals surface area (Å²) in [6.07, 6.45) is 1.46. The van der Waals surface area contributed by atoms with Crippen molar-refractivity contribution in [3.8, 4) is 0 Å². The van der Waals surface area contributed by atoms with E-state index in [-0.39, 0.29) is 11.9 Å². The van der Waals surface area contributed by atoms with Gasteiger partial charge in [0.15, 0.2) is 5.82 Å². The lowest BCUT2D eigenvalue weighted by atomic mass is 10.2. The summed E-state index contributed by atoms with van der Waals surface area (Å²) < 4.78 is 0. The standard InChI is InChI=1S/C11H14ClN7O/c1-3-13-10-8(12)4-7(5-14-10)11(20)15-6(2)9-16-18-19-17-9/h4-6H,3H2,1-2H3,(H,13,14)(H,15,20)(H,16,17,18,19). The van der Waals surface area contributed by atoms with Crippen LogP contribution in [0.5, 0.6) is 0 Å². The van der Waals surface area contributed by atoms with Crippen LogP contribution in [-0.2, 0) is 0 Å². The Morgan fingerprint density at radius 2 is 2.35 bits per heavy atom. The molecule has 0 radical (unpaired) electrons. The average Bonchev–Trinajstić information content (AvgIpc) is 2.95. The minimum atomic E-state index is -0.367. The normalized spacial score (nSPS) is 11.9. The highest BCUT2D eigenvalue weighted by Crippen LogP contribution is 2.20. The van der Waals surface area contributed by atoms with E-state index in [2.05, 4.69) is 36.2 Å². The SMILES string of the molecule is CCNc1ncc(C(=O)NC(C)c2nn[nH]n2)cc1Cl. The zero-order valence-electron chi connectivity index (χ0n) is 11.0. The Balaban J connectivity index is 2.07. The second kappa shape index (κ2) is 6.29. The van der Waals surface area contributed by atoms with Crippen molar-refractivity contribution in [1.29, 1.82) is 0 Å². The van der Waals surface area contributed by atoms with Crippen LogP contribution < -0.4 is 10.6 Å². The summed E-state index contributed by atoms with van der Waals surface area (Å²) in [4.78, 5) is 16.2. The second-order valence-electron chi connectivity index (χ2n) is 4.05. The Bertz CT molecular complexity index is 586. The van der Waals surface area contributed by atoms with E-state index in [4.69, 9.17) is 11.6 Å². The topological polar surface area (TPSA) is 108 Å². The third kappa shape index (κ3) is 3.21. The zero-order valence-corrected chi connectivity index (χ0v) is 11.8. The molecule has 9 heteroatoms. The number of rotatable bonds is 5. The van der Waals surface area contributed by atoms with Crippen LogP contribution in [0.2, 0.25) is 5.02 Å². The van der Waals surface area contributed by atoms with Crippen molar-refractivity contribution in [3.63, 3.8) is 0 Å². The lowest BCUT2D eigenvalue weighted by Gasteiger charge is -2.11. The number of anilines is 1. The van der Waals surface area contributed by atoms with Gasteiger partial charge in [-0.25, -0.2) is 4.98 Å². The first-order chi connectivity index (χ1) is 9.61. The fourth-order valence-electron chi connectivity index (χ4n) is 1.56. The highest BCUT2D eigenvalue weighted by atomic mass is 35.5. The Labute approximate surface area is 120 Å². The van der Waals surface area contributed by atoms with Crippen LogP contribution in [-0.4, -0.2) is 38.1 Å². The molecule has 0 fully saturated rings. The van der Waals surface area contributed by atoms with Gasteiger partial charge in [-0.3, -0.25) is 4.79 Å². The number of aromatic amines is 1. The van der Waals surface area contributed by atoms with E-state index < -0.39 is 0 Å². The van der Waals surface area contributed by atoms with Gasteiger partial charge in [0.05, 0.1) is 16.6 Å². The predicted molar refractivity (Wildman–Crippen MR) is 73.5 cm³/mol. The van der Waals surface area contributed by atoms with Gasteiger partial charge in [-0.1, -0.05) is 16.8 Å². The summed E-state index contributed by atoms with van der Waals surface area (Å²) in [5.74, 6) is 0.651. The molecule has 106 valence electrons. The number of carbonyl (C=O) groups excluding carboxylic acids is 1. The molecule has 2 aromatic rings. The molecular weight excluding hydrogens is 282 g/mol. The lowest BCUT2D eigenvalue weighted by molar-refractivity contribution is 0.0938. The fourth-order valence-corrected chi connectivity index (χ4v) is 1.79. The van der Waals surface area contributed by atoms with Gasteiger partial charge < -0.3 is 10.6 Å². The molecule has 8 nitrogen and oxygen atoms in total. The van der Waals surface area contributed by atoms with Gasteiger partial charge in [0, 0.05) is 12.7 Å². The Hall–Kier alpha value is -2.22. The molecule has 0 aliphatic heterocycles. The van der Waals surface area contributed by atoms with Gasteiger partial charge in [-0.05, 0) is 19.9 Å². The van der Waals surface area contributed by atoms with Crippen LogP contribution in [0, 0.1) is 0 Å². The molecule has 1 atom stereocenters. The maximum atomic E-state index is 12.1. The van der Waals surface area contributed by atoms with Gasteiger partial charge in [-0.2, -0.15) is 5.21 Å². The largest absolute Gasteiger partial charge is 0.369 e. The first-order valence-electron chi connectivity index (χ1n) is 6.05. The quantitative estimate of drug-likeness (QED) is 0.764. The van der Waals surface area contributed by atoms with Gasteiger partial charge >= 0.3 is 0 Å². The first-order valence-corrected chi connectivity index (χ1v) is 6.43. The van der Waals surface area contributed by atoms with Crippen molar-refractivity contribution < 1.29 is 4.79 Å². The van der Waals surface area contributed by atoms with E-state index in [9.17, 15) is 4.79 Å². The van der Waals surface area contributed by atoms with Crippen molar-refractivity contribution >= 4 is 23.3 Å². The summed E-state index contributed by atoms with van der Waals surface area (Å²) >= 11 is 6.04. The summed E-state index contributed by atoms with van der Waals surface area (Å²) in [5.41, 5.74) is 0.368. The second-order valence-corrected chi connectivity index (χ2v) is 4.46. The fraction of sp³-hybridized carbons (Fsp3) is 0.364. The van der Waals surface area contributed by atoms with E-state index >= 15 is 0 Å². The number of amides is 1. The molecule has 1 unspecified atom stereocenters. The third-order valence-corrected chi connectivity index (χ3v) is 2.83. The highest BCUT2D eigenvalue weighted by Gasteiger charge is 2.16. The van der Waals surface area contributed by atoms with Crippen molar-refractivity contribution in [2.75, 3.05) is 11.9 Å². The van der Waals surface area contributed by atoms with E-state index in [0.717, 1.165) is 0 Å². The Morgan fingerprint density at radius 3 is 2.95 bits per heavy atom. The van der Waals surface area contributed by atoms with E-state index in [1.54, 1.807) is 13.0 Å². The number of hydrogen-bond acceptors (Lipinski definition) is 6. The highest BCUT2D eigenvalue weighted by molar-refractivity contribution is 6.33. The summed E-state index contributed by atoms with van der Waals surface area (Å²) in [7, 11) is 0. The molecule has 3 N–H and O–H groups in total. The first kappa shape index (κ1) is 14.2. The van der Waals surface area contributed by atoms with Crippen LogP contribution in [0.25, 0.3) is 0 Å². The number of aromatic nitrogens is 5. The zero-order chi connectivity index (χ0) is 14.5. The Kier molecular flexibility index (Phi) is 4.46. The molecule has 0 aromatic carbocycles. The molecule has 0 spiro atoms. The Morgan fingerprint density at radius 1 is 1.55 bits per heavy atom. The number of tetrazole rings is 1. The van der Waals surface area contributed by atoms with Crippen LogP contribution in [0.15, 0.2) is 12.3 Å². The van der Waals surface area contributed by atoms with Crippen LogP contribution >= 0.6 is 11.6 Å². The smallest absolute Gasteiger partial charge is 0.253 e. The lowest BCUT2D eigenvalue weighted by Crippen LogP contribution is -2.27. The number of nitrogens with zero attached hydrogens (tertiary/aromatic N) is 4. The van der Waals surface area contributed by atoms with E-state index in [0.29, 0.717) is 28.8 Å². The van der Waals surface area contributed by atoms with Crippen molar-refractivity contribution in [2.24, 2.45) is 0 Å². The molecule has 0 bridgehead atoms. The molecular formula is C11H14ClN7O. The van der Waals surface area contributed by atoms with Gasteiger partial charge in [0.1, 0.15) is 5.82 Å². The minimum Gasteiger partial charge on any atom is -0.369 e. The molecule has 0 saturated carbocycles. The van der Waals surface area contributed by atoms with Crippen molar-refractivity contribution in [3.05, 3.63) is 28.7 Å². The number of halogens is 1. The number of hydrogen-bond donors (Lipinski definition) is 3. The van der Waals surface area contributed by atoms with Crippen LogP contribution in [0.1, 0.15) is 36.1 Å². The third-order valence-electron chi connectivity index (χ3n) is 2.54. The molecule has 2 heterocycles. The van der Waals surface area contributed by atoms with Crippen molar-refractivity contribution in [1.82, 2.24) is 30.9 Å². The summed E-state index contributed by atoms with van der Waals surface area (Å²) in [5, 5.41) is 19.5. The predicted octanol–water partition coefficient (Wildman–Crippen LogP) is 1.17. The minimum absolute atomic E-state index is 0.306. The van der Waals surface area contributed by atoms with E-state index in [1.165, 1.54) is 6.20 Å². The molecule has 20 heavy (non-hydrogen) atoms. The maximum absolute atomic E-state index is 12.1. The molecule has 2 aromatic heterocycles.